The lowest BCUT2D eigenvalue weighted by Gasteiger charge is -2.13. The quantitative estimate of drug-likeness (QED) is 0.431. The Labute approximate surface area is 209 Å². The number of rotatable bonds is 9. The predicted octanol–water partition coefficient (Wildman–Crippen LogP) is 4.44. The molecule has 1 unspecified atom stereocenters. The highest BCUT2D eigenvalue weighted by Crippen LogP contribution is 2.27. The lowest BCUT2D eigenvalue weighted by atomic mass is 9.96. The number of carbonyl (C=O) groups is 2. The zero-order chi connectivity index (χ0) is 25.4. The average molecular weight is 489 g/mol. The van der Waals surface area contributed by atoms with Crippen LogP contribution in [0.2, 0.25) is 0 Å². The van der Waals surface area contributed by atoms with Crippen LogP contribution in [0.15, 0.2) is 54.9 Å². The van der Waals surface area contributed by atoms with Crippen LogP contribution in [-0.4, -0.2) is 47.3 Å². The van der Waals surface area contributed by atoms with E-state index in [1.165, 1.54) is 17.4 Å². The number of nitrogens with one attached hydrogen (secondary N) is 2. The van der Waals surface area contributed by atoms with Gasteiger partial charge in [-0.05, 0) is 44.6 Å². The Hall–Kier alpha value is -3.87. The van der Waals surface area contributed by atoms with Gasteiger partial charge in [0.1, 0.15) is 6.07 Å². The van der Waals surface area contributed by atoms with Gasteiger partial charge in [0.05, 0.1) is 11.5 Å². The van der Waals surface area contributed by atoms with Crippen LogP contribution in [0.3, 0.4) is 0 Å². The summed E-state index contributed by atoms with van der Waals surface area (Å²) in [5, 5.41) is 15.7. The van der Waals surface area contributed by atoms with Gasteiger partial charge in [-0.1, -0.05) is 37.3 Å². The van der Waals surface area contributed by atoms with Crippen molar-refractivity contribution in [3.05, 3.63) is 70.9 Å². The van der Waals surface area contributed by atoms with Gasteiger partial charge in [0.25, 0.3) is 0 Å². The van der Waals surface area contributed by atoms with E-state index in [1.807, 2.05) is 57.1 Å². The Morgan fingerprint density at radius 2 is 1.97 bits per heavy atom. The predicted molar refractivity (Wildman–Crippen MR) is 139 cm³/mol. The van der Waals surface area contributed by atoms with Crippen LogP contribution in [-0.2, 0) is 16.0 Å². The summed E-state index contributed by atoms with van der Waals surface area (Å²) in [6.07, 6.45) is 7.40. The van der Waals surface area contributed by atoms with Crippen molar-refractivity contribution in [3.63, 3.8) is 0 Å². The third-order valence-corrected chi connectivity index (χ3v) is 6.29. The molecule has 0 fully saturated rings. The molecule has 9 heteroatoms. The molecule has 0 aliphatic heterocycles. The second-order valence-electron chi connectivity index (χ2n) is 8.21. The van der Waals surface area contributed by atoms with Gasteiger partial charge in [-0.25, -0.2) is 9.97 Å². The number of anilines is 2. The van der Waals surface area contributed by atoms with Gasteiger partial charge in [-0.2, -0.15) is 5.26 Å². The molecule has 2 heterocycles. The number of hydrogen-bond acceptors (Lipinski definition) is 7. The van der Waals surface area contributed by atoms with Gasteiger partial charge in [-0.3, -0.25) is 9.59 Å². The number of aryl methyl sites for hydroxylation is 1. The Bertz CT molecular complexity index is 1270. The number of thiazole rings is 1. The second kappa shape index (κ2) is 12.0. The molecule has 1 aromatic carbocycles. The first-order valence-electron chi connectivity index (χ1n) is 11.2. The number of amides is 2. The molecular weight excluding hydrogens is 460 g/mol. The van der Waals surface area contributed by atoms with Crippen molar-refractivity contribution in [2.45, 2.75) is 26.2 Å². The summed E-state index contributed by atoms with van der Waals surface area (Å²) in [6, 6.07) is 11.3. The molecule has 3 rings (SSSR count). The molecule has 3 aromatic rings. The van der Waals surface area contributed by atoms with Gasteiger partial charge in [0.15, 0.2) is 10.9 Å². The second-order valence-corrected chi connectivity index (χ2v) is 9.32. The van der Waals surface area contributed by atoms with Crippen molar-refractivity contribution < 1.29 is 9.59 Å². The summed E-state index contributed by atoms with van der Waals surface area (Å²) in [6.45, 7) is 4.51. The van der Waals surface area contributed by atoms with Crippen LogP contribution < -0.4 is 10.6 Å². The fourth-order valence-corrected chi connectivity index (χ4v) is 3.97. The first kappa shape index (κ1) is 25.7. The normalized spacial score (nSPS) is 11.9. The Kier molecular flexibility index (Phi) is 8.84. The standard InChI is InChI=1S/C26H28N6O2S/c1-5-22-16-29-26(35-22)31-25(34)17(2)18-8-6-9-19(12-18)21-13-20(14-27)24(28-15-21)30-23(33)10-7-11-32(3)4/h6-10,12-13,15-17H,5,11H2,1-4H3,(H,28,30,33)(H,29,31,34)/b10-7+. The lowest BCUT2D eigenvalue weighted by molar-refractivity contribution is -0.117. The van der Waals surface area contributed by atoms with Crippen molar-refractivity contribution in [2.75, 3.05) is 31.3 Å². The van der Waals surface area contributed by atoms with Crippen LogP contribution in [0.1, 0.15) is 35.8 Å². The molecule has 2 N–H and O–H groups in total. The lowest BCUT2D eigenvalue weighted by Crippen LogP contribution is -2.18. The minimum Gasteiger partial charge on any atom is -0.306 e. The topological polar surface area (TPSA) is 111 Å². The van der Waals surface area contributed by atoms with E-state index in [0.29, 0.717) is 17.2 Å². The highest BCUT2D eigenvalue weighted by atomic mass is 32.1. The van der Waals surface area contributed by atoms with E-state index < -0.39 is 5.92 Å². The summed E-state index contributed by atoms with van der Waals surface area (Å²) in [5.41, 5.74) is 2.61. The Morgan fingerprint density at radius 3 is 2.66 bits per heavy atom. The molecule has 2 amide bonds. The molecule has 0 saturated carbocycles. The molecule has 180 valence electrons. The van der Waals surface area contributed by atoms with Gasteiger partial charge in [-0.15, -0.1) is 11.3 Å². The molecule has 0 aliphatic carbocycles. The third kappa shape index (κ3) is 7.06. The molecular formula is C26H28N6O2S. The smallest absolute Gasteiger partial charge is 0.249 e. The van der Waals surface area contributed by atoms with E-state index in [9.17, 15) is 14.9 Å². The maximum Gasteiger partial charge on any atom is 0.249 e. The van der Waals surface area contributed by atoms with Crippen molar-refractivity contribution in [3.8, 4) is 17.2 Å². The SMILES string of the molecule is CCc1cnc(NC(=O)C(C)c2cccc(-c3cnc(NC(=O)/C=C/CN(C)C)c(C#N)c3)c2)s1. The van der Waals surface area contributed by atoms with Crippen molar-refractivity contribution >= 4 is 34.1 Å². The molecule has 0 aliphatic rings. The maximum absolute atomic E-state index is 12.8. The van der Waals surface area contributed by atoms with Crippen molar-refractivity contribution in [1.82, 2.24) is 14.9 Å². The molecule has 0 radical (unpaired) electrons. The van der Waals surface area contributed by atoms with E-state index in [2.05, 4.69) is 26.7 Å². The number of likely N-dealkylation sites (N-methyl/N-ethyl adjacent to an activating group) is 1. The summed E-state index contributed by atoms with van der Waals surface area (Å²) in [5.74, 6) is -0.693. The summed E-state index contributed by atoms with van der Waals surface area (Å²) in [7, 11) is 3.81. The summed E-state index contributed by atoms with van der Waals surface area (Å²) >= 11 is 1.47. The number of nitriles is 1. The third-order valence-electron chi connectivity index (χ3n) is 5.23. The fourth-order valence-electron chi connectivity index (χ4n) is 3.22. The van der Waals surface area contributed by atoms with Gasteiger partial charge in [0.2, 0.25) is 11.8 Å². The Balaban J connectivity index is 1.75. The number of aromatic nitrogens is 2. The molecule has 8 nitrogen and oxygen atoms in total. The van der Waals surface area contributed by atoms with E-state index >= 15 is 0 Å². The monoisotopic (exact) mass is 488 g/mol. The van der Waals surface area contributed by atoms with Crippen LogP contribution in [0.5, 0.6) is 0 Å². The first-order chi connectivity index (χ1) is 16.8. The first-order valence-corrected chi connectivity index (χ1v) is 12.0. The molecule has 1 atom stereocenters. The molecule has 0 bridgehead atoms. The summed E-state index contributed by atoms with van der Waals surface area (Å²) in [4.78, 5) is 36.5. The molecule has 2 aromatic heterocycles. The highest BCUT2D eigenvalue weighted by Gasteiger charge is 2.18. The fraction of sp³-hybridized carbons (Fsp3) is 0.269. The average Bonchev–Trinajstić information content (AvgIpc) is 3.31. The highest BCUT2D eigenvalue weighted by molar-refractivity contribution is 7.15. The van der Waals surface area contributed by atoms with Crippen LogP contribution in [0, 0.1) is 11.3 Å². The largest absolute Gasteiger partial charge is 0.306 e. The van der Waals surface area contributed by atoms with E-state index in [1.54, 1.807) is 24.5 Å². The number of carbonyl (C=O) groups excluding carboxylic acids is 2. The molecule has 0 saturated heterocycles. The zero-order valence-electron chi connectivity index (χ0n) is 20.2. The van der Waals surface area contributed by atoms with Gasteiger partial charge < -0.3 is 15.5 Å². The summed E-state index contributed by atoms with van der Waals surface area (Å²) < 4.78 is 0. The van der Waals surface area contributed by atoms with E-state index in [0.717, 1.165) is 22.4 Å². The molecule has 0 spiro atoms. The van der Waals surface area contributed by atoms with Crippen LogP contribution in [0.4, 0.5) is 10.9 Å². The van der Waals surface area contributed by atoms with Crippen LogP contribution in [0.25, 0.3) is 11.1 Å². The van der Waals surface area contributed by atoms with Crippen molar-refractivity contribution in [2.24, 2.45) is 0 Å². The van der Waals surface area contributed by atoms with E-state index in [-0.39, 0.29) is 23.2 Å². The zero-order valence-corrected chi connectivity index (χ0v) is 21.0. The van der Waals surface area contributed by atoms with E-state index in [4.69, 9.17) is 0 Å². The number of hydrogen-bond donors (Lipinski definition) is 2. The Morgan fingerprint density at radius 1 is 1.17 bits per heavy atom. The van der Waals surface area contributed by atoms with Gasteiger partial charge in [0, 0.05) is 35.5 Å². The number of pyridine rings is 1. The van der Waals surface area contributed by atoms with Crippen molar-refractivity contribution in [1.29, 1.82) is 5.26 Å². The maximum atomic E-state index is 12.8. The number of benzene rings is 1. The minimum absolute atomic E-state index is 0.143. The van der Waals surface area contributed by atoms with Gasteiger partial charge >= 0.3 is 0 Å². The van der Waals surface area contributed by atoms with Crippen LogP contribution >= 0.6 is 11.3 Å². The number of nitrogens with zero attached hydrogens (tertiary/aromatic N) is 4. The molecule has 35 heavy (non-hydrogen) atoms. The minimum atomic E-state index is -0.403.